The molecular formula is C9H18BrN. The molecule has 1 saturated heterocycles. The highest BCUT2D eigenvalue weighted by molar-refractivity contribution is 9.09. The molecule has 0 bridgehead atoms. The Hall–Kier alpha value is 0.440. The minimum absolute atomic E-state index is 0.799. The van der Waals surface area contributed by atoms with E-state index in [1.807, 2.05) is 0 Å². The summed E-state index contributed by atoms with van der Waals surface area (Å²) in [6.07, 6.45) is 4.15. The van der Waals surface area contributed by atoms with Gasteiger partial charge in [-0.1, -0.05) is 15.9 Å². The summed E-state index contributed by atoms with van der Waals surface area (Å²) in [7, 11) is 2.23. The van der Waals surface area contributed by atoms with Crippen LogP contribution in [0.25, 0.3) is 0 Å². The Kier molecular flexibility index (Phi) is 3.86. The van der Waals surface area contributed by atoms with Crippen LogP contribution in [0.1, 0.15) is 26.2 Å². The summed E-state index contributed by atoms with van der Waals surface area (Å²) < 4.78 is 0. The maximum Gasteiger partial charge on any atom is 0.00665 e. The molecular weight excluding hydrogens is 202 g/mol. The Morgan fingerprint density at radius 3 is 2.82 bits per heavy atom. The van der Waals surface area contributed by atoms with Gasteiger partial charge < -0.3 is 4.90 Å². The fraction of sp³-hybridized carbons (Fsp3) is 1.00. The van der Waals surface area contributed by atoms with Gasteiger partial charge >= 0.3 is 0 Å². The van der Waals surface area contributed by atoms with Gasteiger partial charge in [0.15, 0.2) is 0 Å². The van der Waals surface area contributed by atoms with E-state index in [4.69, 9.17) is 0 Å². The Morgan fingerprint density at radius 1 is 1.55 bits per heavy atom. The summed E-state index contributed by atoms with van der Waals surface area (Å²) in [6.45, 7) is 3.62. The van der Waals surface area contributed by atoms with Crippen LogP contribution in [0.5, 0.6) is 0 Å². The average molecular weight is 220 g/mol. The zero-order valence-corrected chi connectivity index (χ0v) is 9.10. The van der Waals surface area contributed by atoms with Crippen molar-refractivity contribution in [3.8, 4) is 0 Å². The average Bonchev–Trinajstić information content (AvgIpc) is 1.98. The van der Waals surface area contributed by atoms with Gasteiger partial charge in [0.25, 0.3) is 0 Å². The first-order valence-corrected chi connectivity index (χ1v) is 5.62. The lowest BCUT2D eigenvalue weighted by Gasteiger charge is -2.34. The predicted molar refractivity (Wildman–Crippen MR) is 53.2 cm³/mol. The van der Waals surface area contributed by atoms with Crippen LogP contribution < -0.4 is 0 Å². The molecule has 2 atom stereocenters. The number of hydrogen-bond acceptors (Lipinski definition) is 1. The van der Waals surface area contributed by atoms with Gasteiger partial charge in [-0.3, -0.25) is 0 Å². The third-order valence-electron chi connectivity index (χ3n) is 2.83. The van der Waals surface area contributed by atoms with Crippen molar-refractivity contribution in [2.24, 2.45) is 5.92 Å². The van der Waals surface area contributed by atoms with Gasteiger partial charge in [0.1, 0.15) is 0 Å². The molecule has 1 rings (SSSR count). The van der Waals surface area contributed by atoms with Gasteiger partial charge in [-0.2, -0.15) is 0 Å². The minimum Gasteiger partial charge on any atom is -0.304 e. The lowest BCUT2D eigenvalue weighted by Crippen LogP contribution is -2.37. The van der Waals surface area contributed by atoms with Gasteiger partial charge in [-0.25, -0.2) is 0 Å². The van der Waals surface area contributed by atoms with Gasteiger partial charge in [-0.15, -0.1) is 0 Å². The highest BCUT2D eigenvalue weighted by Crippen LogP contribution is 2.24. The molecule has 0 radical (unpaired) electrons. The van der Waals surface area contributed by atoms with Gasteiger partial charge in [0.2, 0.25) is 0 Å². The van der Waals surface area contributed by atoms with Gasteiger partial charge in [0, 0.05) is 11.4 Å². The molecule has 1 heterocycles. The van der Waals surface area contributed by atoms with Crippen molar-refractivity contribution < 1.29 is 0 Å². The van der Waals surface area contributed by atoms with E-state index in [9.17, 15) is 0 Å². The quantitative estimate of drug-likeness (QED) is 0.646. The second-order valence-electron chi connectivity index (χ2n) is 3.70. The standard InChI is InChI=1S/C9H18BrN/c1-8-7-9(3-5-10)4-6-11(8)2/h8-9H,3-7H2,1-2H3. The first kappa shape index (κ1) is 9.53. The van der Waals surface area contributed by atoms with Crippen LogP contribution in [0.4, 0.5) is 0 Å². The van der Waals surface area contributed by atoms with E-state index >= 15 is 0 Å². The molecule has 0 spiro atoms. The molecule has 0 saturated carbocycles. The number of rotatable bonds is 2. The SMILES string of the molecule is CC1CC(CCBr)CCN1C. The van der Waals surface area contributed by atoms with Crippen molar-refractivity contribution in [1.82, 2.24) is 4.90 Å². The zero-order valence-electron chi connectivity index (χ0n) is 7.52. The van der Waals surface area contributed by atoms with Crippen molar-refractivity contribution in [1.29, 1.82) is 0 Å². The van der Waals surface area contributed by atoms with E-state index in [-0.39, 0.29) is 0 Å². The molecule has 1 aliphatic rings. The molecule has 1 nitrogen and oxygen atoms in total. The van der Waals surface area contributed by atoms with Crippen molar-refractivity contribution in [2.45, 2.75) is 32.2 Å². The molecule has 0 aromatic carbocycles. The van der Waals surface area contributed by atoms with E-state index in [2.05, 4.69) is 34.8 Å². The van der Waals surface area contributed by atoms with Crippen molar-refractivity contribution in [3.63, 3.8) is 0 Å². The largest absolute Gasteiger partial charge is 0.304 e. The highest BCUT2D eigenvalue weighted by atomic mass is 79.9. The molecule has 0 amide bonds. The fourth-order valence-corrected chi connectivity index (χ4v) is 2.45. The van der Waals surface area contributed by atoms with Crippen LogP contribution in [0.3, 0.4) is 0 Å². The molecule has 0 N–H and O–H groups in total. The molecule has 0 aromatic rings. The lowest BCUT2D eigenvalue weighted by atomic mass is 9.90. The second-order valence-corrected chi connectivity index (χ2v) is 4.49. The molecule has 66 valence electrons. The Balaban J connectivity index is 2.28. The summed E-state index contributed by atoms with van der Waals surface area (Å²) in [5.41, 5.74) is 0. The van der Waals surface area contributed by atoms with E-state index in [1.54, 1.807) is 0 Å². The summed E-state index contributed by atoms with van der Waals surface area (Å²) in [5.74, 6) is 0.973. The van der Waals surface area contributed by atoms with Crippen molar-refractivity contribution >= 4 is 15.9 Å². The summed E-state index contributed by atoms with van der Waals surface area (Å²) >= 11 is 3.51. The number of likely N-dealkylation sites (tertiary alicyclic amines) is 1. The van der Waals surface area contributed by atoms with Crippen LogP contribution in [-0.2, 0) is 0 Å². The third kappa shape index (κ3) is 2.75. The number of piperidine rings is 1. The van der Waals surface area contributed by atoms with Crippen molar-refractivity contribution in [2.75, 3.05) is 18.9 Å². The van der Waals surface area contributed by atoms with Crippen LogP contribution in [-0.4, -0.2) is 29.9 Å². The van der Waals surface area contributed by atoms with Crippen LogP contribution in [0.2, 0.25) is 0 Å². The van der Waals surface area contributed by atoms with Crippen LogP contribution >= 0.6 is 15.9 Å². The Bertz CT molecular complexity index is 116. The Labute approximate surface area is 78.3 Å². The number of halogens is 1. The predicted octanol–water partition coefficient (Wildman–Crippen LogP) is 2.50. The number of alkyl halides is 1. The monoisotopic (exact) mass is 219 g/mol. The summed E-state index contributed by atoms with van der Waals surface area (Å²) in [4.78, 5) is 2.46. The molecule has 1 fully saturated rings. The van der Waals surface area contributed by atoms with Crippen molar-refractivity contribution in [3.05, 3.63) is 0 Å². The number of hydrogen-bond donors (Lipinski definition) is 0. The third-order valence-corrected chi connectivity index (χ3v) is 3.29. The Morgan fingerprint density at radius 2 is 2.27 bits per heavy atom. The second kappa shape index (κ2) is 4.46. The molecule has 0 aromatic heterocycles. The maximum absolute atomic E-state index is 3.51. The van der Waals surface area contributed by atoms with Crippen LogP contribution in [0, 0.1) is 5.92 Å². The van der Waals surface area contributed by atoms with Gasteiger partial charge in [-0.05, 0) is 45.7 Å². The first-order valence-electron chi connectivity index (χ1n) is 4.50. The highest BCUT2D eigenvalue weighted by Gasteiger charge is 2.21. The fourth-order valence-electron chi connectivity index (χ4n) is 1.80. The summed E-state index contributed by atoms with van der Waals surface area (Å²) in [5, 5.41) is 1.17. The van der Waals surface area contributed by atoms with E-state index < -0.39 is 0 Å². The van der Waals surface area contributed by atoms with E-state index in [1.165, 1.54) is 31.1 Å². The molecule has 1 aliphatic heterocycles. The van der Waals surface area contributed by atoms with Crippen LogP contribution in [0.15, 0.2) is 0 Å². The number of nitrogens with zero attached hydrogens (tertiary/aromatic N) is 1. The van der Waals surface area contributed by atoms with E-state index in [0.29, 0.717) is 0 Å². The minimum atomic E-state index is 0.799. The topological polar surface area (TPSA) is 3.24 Å². The maximum atomic E-state index is 3.51. The normalized spacial score (nSPS) is 34.1. The van der Waals surface area contributed by atoms with Gasteiger partial charge in [0.05, 0.1) is 0 Å². The zero-order chi connectivity index (χ0) is 8.27. The summed E-state index contributed by atoms with van der Waals surface area (Å²) in [6, 6.07) is 0.799. The van der Waals surface area contributed by atoms with E-state index in [0.717, 1.165) is 12.0 Å². The molecule has 2 heteroatoms. The lowest BCUT2D eigenvalue weighted by molar-refractivity contribution is 0.152. The smallest absolute Gasteiger partial charge is 0.00665 e. The molecule has 0 aliphatic carbocycles. The molecule has 2 unspecified atom stereocenters. The molecule has 11 heavy (non-hydrogen) atoms. The first-order chi connectivity index (χ1) is 5.24.